The van der Waals surface area contributed by atoms with Gasteiger partial charge in [0.25, 0.3) is 0 Å². The third-order valence-corrected chi connectivity index (χ3v) is 2.55. The Morgan fingerprint density at radius 1 is 1.31 bits per heavy atom. The van der Waals surface area contributed by atoms with E-state index in [9.17, 15) is 0 Å². The molecule has 88 valence electrons. The predicted molar refractivity (Wildman–Crippen MR) is 60.4 cm³/mol. The molecule has 1 fully saturated rings. The quantitative estimate of drug-likeness (QED) is 0.793. The van der Waals surface area contributed by atoms with E-state index in [1.165, 1.54) is 19.2 Å². The fraction of sp³-hybridized carbons (Fsp3) is 0.636. The highest BCUT2D eigenvalue weighted by molar-refractivity contribution is 5.55. The summed E-state index contributed by atoms with van der Waals surface area (Å²) in [5, 5.41) is 0. The molecule has 1 aromatic rings. The lowest BCUT2D eigenvalue weighted by molar-refractivity contribution is 0.285. The molecule has 1 saturated carbocycles. The van der Waals surface area contributed by atoms with E-state index in [4.69, 9.17) is 15.2 Å². The van der Waals surface area contributed by atoms with E-state index in [2.05, 4.69) is 9.97 Å². The summed E-state index contributed by atoms with van der Waals surface area (Å²) in [4.78, 5) is 7.95. The van der Waals surface area contributed by atoms with Gasteiger partial charge in [0.1, 0.15) is 6.33 Å². The molecule has 2 rings (SSSR count). The van der Waals surface area contributed by atoms with Gasteiger partial charge in [-0.2, -0.15) is 9.97 Å². The minimum Gasteiger partial charge on any atom is -0.476 e. The summed E-state index contributed by atoms with van der Waals surface area (Å²) in [7, 11) is 0. The molecule has 16 heavy (non-hydrogen) atoms. The van der Waals surface area contributed by atoms with Crippen LogP contribution in [0.15, 0.2) is 6.33 Å². The van der Waals surface area contributed by atoms with Gasteiger partial charge in [0.05, 0.1) is 13.2 Å². The van der Waals surface area contributed by atoms with Gasteiger partial charge >= 0.3 is 0 Å². The third-order valence-electron chi connectivity index (χ3n) is 2.55. The molecule has 1 aliphatic carbocycles. The van der Waals surface area contributed by atoms with Crippen molar-refractivity contribution in [3.8, 4) is 11.8 Å². The van der Waals surface area contributed by atoms with Gasteiger partial charge in [0, 0.05) is 0 Å². The topological polar surface area (TPSA) is 70.3 Å². The Labute approximate surface area is 95.0 Å². The molecular formula is C11H17N3O2. The summed E-state index contributed by atoms with van der Waals surface area (Å²) >= 11 is 0. The van der Waals surface area contributed by atoms with Gasteiger partial charge in [0.15, 0.2) is 5.69 Å². The number of anilines is 1. The first kappa shape index (κ1) is 11.0. The van der Waals surface area contributed by atoms with Crippen LogP contribution in [0.5, 0.6) is 11.8 Å². The van der Waals surface area contributed by atoms with Crippen LogP contribution in [-0.2, 0) is 0 Å². The molecule has 1 aromatic heterocycles. The Balaban J connectivity index is 1.93. The highest BCUT2D eigenvalue weighted by Crippen LogP contribution is 2.33. The Morgan fingerprint density at radius 3 is 2.62 bits per heavy atom. The molecule has 0 unspecified atom stereocenters. The van der Waals surface area contributed by atoms with Crippen molar-refractivity contribution in [1.82, 2.24) is 9.97 Å². The molecule has 0 saturated heterocycles. The fourth-order valence-electron chi connectivity index (χ4n) is 1.46. The number of nitrogens with zero attached hydrogens (tertiary/aromatic N) is 2. The van der Waals surface area contributed by atoms with Crippen molar-refractivity contribution in [3.05, 3.63) is 6.33 Å². The number of rotatable bonds is 6. The standard InChI is InChI=1S/C11H17N3O2/c1-2-15-10-9(12)11(14-7-13-10)16-6-5-8-3-4-8/h7-8H,2-6,12H2,1H3. The van der Waals surface area contributed by atoms with Crippen molar-refractivity contribution in [2.75, 3.05) is 18.9 Å². The van der Waals surface area contributed by atoms with Gasteiger partial charge in [-0.1, -0.05) is 12.8 Å². The van der Waals surface area contributed by atoms with Gasteiger partial charge in [-0.15, -0.1) is 0 Å². The third kappa shape index (κ3) is 2.74. The Bertz CT molecular complexity index is 353. The number of ether oxygens (including phenoxy) is 2. The highest BCUT2D eigenvalue weighted by Gasteiger charge is 2.21. The minimum absolute atomic E-state index is 0.389. The van der Waals surface area contributed by atoms with E-state index >= 15 is 0 Å². The molecule has 2 N–H and O–H groups in total. The fourth-order valence-corrected chi connectivity index (χ4v) is 1.46. The summed E-state index contributed by atoms with van der Waals surface area (Å²) in [6, 6.07) is 0. The second kappa shape index (κ2) is 5.01. The molecule has 0 aliphatic heterocycles. The van der Waals surface area contributed by atoms with E-state index in [1.54, 1.807) is 0 Å². The van der Waals surface area contributed by atoms with Crippen LogP contribution in [0.25, 0.3) is 0 Å². The van der Waals surface area contributed by atoms with Crippen molar-refractivity contribution in [3.63, 3.8) is 0 Å². The van der Waals surface area contributed by atoms with E-state index in [1.807, 2.05) is 6.92 Å². The summed E-state index contributed by atoms with van der Waals surface area (Å²) in [6.07, 6.45) is 5.14. The molecule has 0 atom stereocenters. The van der Waals surface area contributed by atoms with Gasteiger partial charge in [-0.3, -0.25) is 0 Å². The zero-order valence-electron chi connectivity index (χ0n) is 9.48. The van der Waals surface area contributed by atoms with Gasteiger partial charge in [0.2, 0.25) is 11.8 Å². The van der Waals surface area contributed by atoms with Crippen LogP contribution in [-0.4, -0.2) is 23.2 Å². The summed E-state index contributed by atoms with van der Waals surface area (Å²) in [5.74, 6) is 1.67. The zero-order valence-corrected chi connectivity index (χ0v) is 9.48. The number of nitrogen functional groups attached to an aromatic ring is 1. The van der Waals surface area contributed by atoms with Crippen molar-refractivity contribution in [2.45, 2.75) is 26.2 Å². The number of nitrogens with two attached hydrogens (primary N) is 1. The van der Waals surface area contributed by atoms with Crippen molar-refractivity contribution in [2.24, 2.45) is 5.92 Å². The second-order valence-electron chi connectivity index (χ2n) is 3.91. The SMILES string of the molecule is CCOc1ncnc(OCCC2CC2)c1N. The maximum Gasteiger partial charge on any atom is 0.244 e. The maximum absolute atomic E-state index is 5.83. The Morgan fingerprint density at radius 2 is 2.00 bits per heavy atom. The van der Waals surface area contributed by atoms with Crippen LogP contribution < -0.4 is 15.2 Å². The Hall–Kier alpha value is -1.52. The highest BCUT2D eigenvalue weighted by atomic mass is 16.5. The average Bonchev–Trinajstić information content (AvgIpc) is 3.08. The predicted octanol–water partition coefficient (Wildman–Crippen LogP) is 1.64. The lowest BCUT2D eigenvalue weighted by atomic mass is 10.3. The molecule has 0 radical (unpaired) electrons. The summed E-state index contributed by atoms with van der Waals surface area (Å²) in [6.45, 7) is 3.08. The van der Waals surface area contributed by atoms with Crippen LogP contribution in [0.4, 0.5) is 5.69 Å². The first-order valence-corrected chi connectivity index (χ1v) is 5.67. The largest absolute Gasteiger partial charge is 0.476 e. The van der Waals surface area contributed by atoms with Crippen LogP contribution in [0.2, 0.25) is 0 Å². The average molecular weight is 223 g/mol. The first-order chi connectivity index (χ1) is 7.81. The van der Waals surface area contributed by atoms with Crippen molar-refractivity contribution < 1.29 is 9.47 Å². The summed E-state index contributed by atoms with van der Waals surface area (Å²) in [5.41, 5.74) is 6.22. The van der Waals surface area contributed by atoms with Crippen molar-refractivity contribution >= 4 is 5.69 Å². The van der Waals surface area contributed by atoms with E-state index in [-0.39, 0.29) is 0 Å². The molecule has 0 aromatic carbocycles. The summed E-state index contributed by atoms with van der Waals surface area (Å²) < 4.78 is 10.8. The maximum atomic E-state index is 5.83. The van der Waals surface area contributed by atoms with E-state index < -0.39 is 0 Å². The minimum atomic E-state index is 0.389. The van der Waals surface area contributed by atoms with E-state index in [0.29, 0.717) is 30.7 Å². The number of hydrogen-bond donors (Lipinski definition) is 1. The van der Waals surface area contributed by atoms with Gasteiger partial charge in [-0.05, 0) is 19.3 Å². The van der Waals surface area contributed by atoms with Gasteiger partial charge < -0.3 is 15.2 Å². The lowest BCUT2D eigenvalue weighted by Crippen LogP contribution is -2.06. The molecular weight excluding hydrogens is 206 g/mol. The number of aromatic nitrogens is 2. The van der Waals surface area contributed by atoms with Crippen LogP contribution in [0, 0.1) is 5.92 Å². The molecule has 1 heterocycles. The molecule has 0 spiro atoms. The smallest absolute Gasteiger partial charge is 0.244 e. The number of hydrogen-bond acceptors (Lipinski definition) is 5. The van der Waals surface area contributed by atoms with Crippen LogP contribution >= 0.6 is 0 Å². The normalized spacial score (nSPS) is 14.8. The molecule has 5 nitrogen and oxygen atoms in total. The van der Waals surface area contributed by atoms with Gasteiger partial charge in [-0.25, -0.2) is 0 Å². The molecule has 1 aliphatic rings. The second-order valence-corrected chi connectivity index (χ2v) is 3.91. The first-order valence-electron chi connectivity index (χ1n) is 5.67. The monoisotopic (exact) mass is 223 g/mol. The molecule has 5 heteroatoms. The molecule has 0 bridgehead atoms. The molecule has 0 amide bonds. The van der Waals surface area contributed by atoms with Crippen LogP contribution in [0.3, 0.4) is 0 Å². The van der Waals surface area contributed by atoms with Crippen LogP contribution in [0.1, 0.15) is 26.2 Å². The Kier molecular flexibility index (Phi) is 3.44. The van der Waals surface area contributed by atoms with Crippen molar-refractivity contribution in [1.29, 1.82) is 0 Å². The lowest BCUT2D eigenvalue weighted by Gasteiger charge is -2.09. The zero-order chi connectivity index (χ0) is 11.4. The van der Waals surface area contributed by atoms with E-state index in [0.717, 1.165) is 12.3 Å².